The van der Waals surface area contributed by atoms with Crippen LogP contribution in [0.4, 0.5) is 4.39 Å². The van der Waals surface area contributed by atoms with Crippen molar-refractivity contribution in [1.29, 1.82) is 0 Å². The zero-order valence-electron chi connectivity index (χ0n) is 21.1. The molecule has 0 spiro atoms. The summed E-state index contributed by atoms with van der Waals surface area (Å²) in [4.78, 5) is 25.7. The molecule has 1 N–H and O–H groups in total. The maximum absolute atomic E-state index is 14.5. The summed E-state index contributed by atoms with van der Waals surface area (Å²) in [6, 6.07) is 10.1. The monoisotopic (exact) mass is 532 g/mol. The maximum atomic E-state index is 14.5. The van der Waals surface area contributed by atoms with Crippen molar-refractivity contribution in [2.24, 2.45) is 7.05 Å². The molecule has 9 nitrogen and oxygen atoms in total. The minimum absolute atomic E-state index is 0.00569. The van der Waals surface area contributed by atoms with Gasteiger partial charge in [0.1, 0.15) is 44.1 Å². The van der Waals surface area contributed by atoms with Crippen LogP contribution in [0, 0.1) is 12.7 Å². The zero-order valence-corrected chi connectivity index (χ0v) is 21.9. The standard InChI is InChI=1S/C26H23BClFN6O3/c1-14-7-17(24-30-12-32-35(24)3)16-5-4-6-22(23(16)33-14)38-10-18-19(8-15(29)9-20(18)28)26(2,27)34-25(36)21-11-37-13-31-21/h4-9,11-13H,10,27H2,1-3H3,(H,34,36)/t26-/m0/s1. The molecular weight excluding hydrogens is 510 g/mol. The number of para-hydroxylation sites is 1. The van der Waals surface area contributed by atoms with Crippen LogP contribution in [0.2, 0.25) is 5.02 Å². The Hall–Kier alpha value is -4.25. The van der Waals surface area contributed by atoms with Gasteiger partial charge in [-0.1, -0.05) is 23.7 Å². The van der Waals surface area contributed by atoms with Crippen molar-refractivity contribution >= 4 is 36.3 Å². The number of carbonyl (C=O) groups is 1. The number of oxazole rings is 1. The second-order valence-electron chi connectivity index (χ2n) is 9.33. The van der Waals surface area contributed by atoms with E-state index in [1.165, 1.54) is 24.7 Å². The van der Waals surface area contributed by atoms with Crippen LogP contribution in [-0.2, 0) is 19.1 Å². The van der Waals surface area contributed by atoms with Gasteiger partial charge in [-0.15, -0.1) is 0 Å². The first-order valence-corrected chi connectivity index (χ1v) is 12.1. The minimum Gasteiger partial charge on any atom is -0.487 e. The summed E-state index contributed by atoms with van der Waals surface area (Å²) in [6.07, 6.45) is 3.90. The number of pyridine rings is 1. The molecule has 3 aromatic heterocycles. The molecule has 0 fully saturated rings. The van der Waals surface area contributed by atoms with Gasteiger partial charge in [0, 0.05) is 34.7 Å². The van der Waals surface area contributed by atoms with Crippen molar-refractivity contribution in [2.45, 2.75) is 25.9 Å². The predicted octanol–water partition coefficient (Wildman–Crippen LogP) is 3.93. The molecule has 0 bridgehead atoms. The summed E-state index contributed by atoms with van der Waals surface area (Å²) in [5.74, 6) is 0.214. The van der Waals surface area contributed by atoms with E-state index >= 15 is 0 Å². The number of nitrogens with one attached hydrogen (secondary N) is 1. The number of amides is 1. The van der Waals surface area contributed by atoms with E-state index in [9.17, 15) is 9.18 Å². The average molecular weight is 533 g/mol. The Kier molecular flexibility index (Phi) is 6.62. The highest BCUT2D eigenvalue weighted by Crippen LogP contribution is 2.34. The van der Waals surface area contributed by atoms with Crippen LogP contribution in [0.15, 0.2) is 59.8 Å². The lowest BCUT2D eigenvalue weighted by Crippen LogP contribution is -2.45. The van der Waals surface area contributed by atoms with Gasteiger partial charge in [0.2, 0.25) is 0 Å². The molecule has 2 aromatic carbocycles. The van der Waals surface area contributed by atoms with E-state index in [0.717, 1.165) is 23.0 Å². The van der Waals surface area contributed by atoms with E-state index in [1.807, 2.05) is 38.2 Å². The minimum atomic E-state index is -1.02. The quantitative estimate of drug-likeness (QED) is 0.316. The highest BCUT2D eigenvalue weighted by molar-refractivity contribution is 6.31. The van der Waals surface area contributed by atoms with Crippen LogP contribution < -0.4 is 10.1 Å². The van der Waals surface area contributed by atoms with Crippen LogP contribution in [-0.4, -0.2) is 38.5 Å². The third-order valence-corrected chi connectivity index (χ3v) is 6.52. The molecule has 0 aliphatic heterocycles. The fraction of sp³-hybridized carbons (Fsp3) is 0.192. The van der Waals surface area contributed by atoms with Crippen LogP contribution in [0.25, 0.3) is 22.3 Å². The van der Waals surface area contributed by atoms with Gasteiger partial charge in [-0.25, -0.2) is 24.0 Å². The first-order valence-electron chi connectivity index (χ1n) is 11.7. The van der Waals surface area contributed by atoms with Crippen LogP contribution in [0.3, 0.4) is 0 Å². The Balaban J connectivity index is 1.51. The third kappa shape index (κ3) is 4.84. The average Bonchev–Trinajstić information content (AvgIpc) is 3.54. The molecule has 3 heterocycles. The SMILES string of the molecule is B[C@@](C)(NC(=O)c1cocn1)c1cc(F)cc(Cl)c1COc1cccc2c(-c3ncnn3C)cc(C)nc12. The summed E-state index contributed by atoms with van der Waals surface area (Å²) < 4.78 is 27.3. The summed E-state index contributed by atoms with van der Waals surface area (Å²) in [5, 5.41) is 8.06. The molecule has 0 unspecified atom stereocenters. The topological polar surface area (TPSA) is 108 Å². The molecular formula is C26H23BClFN6O3. The van der Waals surface area contributed by atoms with Crippen LogP contribution in [0.5, 0.6) is 5.75 Å². The van der Waals surface area contributed by atoms with Gasteiger partial charge in [-0.05, 0) is 43.7 Å². The number of hydrogen-bond donors (Lipinski definition) is 1. The lowest BCUT2D eigenvalue weighted by atomic mass is 9.72. The molecule has 5 aromatic rings. The smallest absolute Gasteiger partial charge is 0.273 e. The summed E-state index contributed by atoms with van der Waals surface area (Å²) in [5.41, 5.74) is 2.36. The highest BCUT2D eigenvalue weighted by Gasteiger charge is 2.29. The summed E-state index contributed by atoms with van der Waals surface area (Å²) in [6.45, 7) is 3.65. The Bertz CT molecular complexity index is 1650. The molecule has 1 atom stereocenters. The number of rotatable bonds is 7. The second-order valence-corrected chi connectivity index (χ2v) is 9.73. The van der Waals surface area contributed by atoms with E-state index in [-0.39, 0.29) is 17.3 Å². The number of ether oxygens (including phenoxy) is 1. The lowest BCUT2D eigenvalue weighted by Gasteiger charge is -2.30. The maximum Gasteiger partial charge on any atom is 0.273 e. The number of aryl methyl sites for hydroxylation is 2. The molecule has 0 radical (unpaired) electrons. The van der Waals surface area contributed by atoms with Gasteiger partial charge >= 0.3 is 0 Å². The summed E-state index contributed by atoms with van der Waals surface area (Å²) >= 11 is 6.50. The van der Waals surface area contributed by atoms with E-state index in [4.69, 9.17) is 25.7 Å². The molecule has 1 amide bonds. The molecule has 38 heavy (non-hydrogen) atoms. The van der Waals surface area contributed by atoms with Crippen molar-refractivity contribution in [1.82, 2.24) is 30.0 Å². The van der Waals surface area contributed by atoms with Gasteiger partial charge in [-0.2, -0.15) is 5.10 Å². The van der Waals surface area contributed by atoms with Crippen LogP contribution >= 0.6 is 11.6 Å². The largest absolute Gasteiger partial charge is 0.487 e. The number of hydrogen-bond acceptors (Lipinski definition) is 7. The van der Waals surface area contributed by atoms with E-state index in [2.05, 4.69) is 20.4 Å². The van der Waals surface area contributed by atoms with Crippen molar-refractivity contribution in [3.63, 3.8) is 0 Å². The van der Waals surface area contributed by atoms with E-state index in [1.54, 1.807) is 19.5 Å². The normalized spacial score (nSPS) is 12.9. The molecule has 5 rings (SSSR count). The van der Waals surface area contributed by atoms with Gasteiger partial charge in [0.25, 0.3) is 5.91 Å². The van der Waals surface area contributed by atoms with E-state index in [0.29, 0.717) is 28.2 Å². The van der Waals surface area contributed by atoms with Crippen molar-refractivity contribution in [3.8, 4) is 17.1 Å². The first kappa shape index (κ1) is 25.4. The molecule has 0 saturated heterocycles. The molecule has 12 heteroatoms. The van der Waals surface area contributed by atoms with Gasteiger partial charge < -0.3 is 14.5 Å². The second kappa shape index (κ2) is 9.90. The van der Waals surface area contributed by atoms with Gasteiger partial charge in [0.15, 0.2) is 17.9 Å². The number of halogens is 2. The number of nitrogens with zero attached hydrogens (tertiary/aromatic N) is 5. The number of carbonyl (C=O) groups excluding carboxylic acids is 1. The number of aromatic nitrogens is 5. The lowest BCUT2D eigenvalue weighted by molar-refractivity contribution is 0.0924. The summed E-state index contributed by atoms with van der Waals surface area (Å²) in [7, 11) is 3.57. The van der Waals surface area contributed by atoms with Gasteiger partial charge in [-0.3, -0.25) is 4.79 Å². The fourth-order valence-corrected chi connectivity index (χ4v) is 4.65. The number of fused-ring (bicyclic) bond motifs is 1. The van der Waals surface area contributed by atoms with Gasteiger partial charge in [0.05, 0.1) is 5.02 Å². The van der Waals surface area contributed by atoms with E-state index < -0.39 is 17.2 Å². The van der Waals surface area contributed by atoms with Crippen molar-refractivity contribution in [2.75, 3.05) is 0 Å². The Labute approximate surface area is 223 Å². The van der Waals surface area contributed by atoms with Crippen molar-refractivity contribution < 1.29 is 18.3 Å². The third-order valence-electron chi connectivity index (χ3n) is 6.18. The number of benzene rings is 2. The highest BCUT2D eigenvalue weighted by atomic mass is 35.5. The Morgan fingerprint density at radius 2 is 2.11 bits per heavy atom. The fourth-order valence-electron chi connectivity index (χ4n) is 4.39. The van der Waals surface area contributed by atoms with Crippen LogP contribution in [0.1, 0.15) is 34.2 Å². The Morgan fingerprint density at radius 3 is 2.82 bits per heavy atom. The Morgan fingerprint density at radius 1 is 1.29 bits per heavy atom. The molecule has 0 saturated carbocycles. The molecule has 192 valence electrons. The first-order chi connectivity index (χ1) is 18.1. The zero-order chi connectivity index (χ0) is 27.0. The van der Waals surface area contributed by atoms with Crippen molar-refractivity contribution in [3.05, 3.63) is 88.7 Å². The molecule has 0 aliphatic carbocycles. The predicted molar refractivity (Wildman–Crippen MR) is 142 cm³/mol. The molecule has 0 aliphatic rings.